The molecule has 63 heavy (non-hydrogen) atoms. The van der Waals surface area contributed by atoms with E-state index in [1.54, 1.807) is 20.8 Å². The number of carbonyl (C=O) groups excluding carboxylic acids is 8. The summed E-state index contributed by atoms with van der Waals surface area (Å²) in [6.07, 6.45) is 9.80. The number of benzene rings is 1. The van der Waals surface area contributed by atoms with Crippen LogP contribution in [-0.2, 0) is 38.3 Å². The van der Waals surface area contributed by atoms with Gasteiger partial charge in [-0.1, -0.05) is 65.4 Å². The van der Waals surface area contributed by atoms with Gasteiger partial charge in [0.15, 0.2) is 5.78 Å². The van der Waals surface area contributed by atoms with Crippen molar-refractivity contribution < 1.29 is 57.9 Å². The minimum absolute atomic E-state index is 0.0260. The van der Waals surface area contributed by atoms with Crippen LogP contribution in [0.15, 0.2) is 30.4 Å². The van der Waals surface area contributed by atoms with Crippen molar-refractivity contribution in [2.24, 2.45) is 23.0 Å². The predicted molar refractivity (Wildman–Crippen MR) is 224 cm³/mol. The number of carbonyl (C=O) groups is 9. The highest BCUT2D eigenvalue weighted by Gasteiger charge is 2.46. The number of likely N-dealkylation sites (tertiary alicyclic amines) is 1. The third kappa shape index (κ3) is 13.4. The van der Waals surface area contributed by atoms with Gasteiger partial charge in [-0.15, -0.1) is 0 Å². The Morgan fingerprint density at radius 2 is 1.49 bits per heavy atom. The Labute approximate surface area is 365 Å². The number of nitrogens with one attached hydrogen (secondary N) is 4. The summed E-state index contributed by atoms with van der Waals surface area (Å²) in [7, 11) is 1.15. The van der Waals surface area contributed by atoms with Crippen LogP contribution in [0.2, 0.25) is 0 Å². The zero-order chi connectivity index (χ0) is 46.6. The number of nitro groups is 1. The molecule has 0 radical (unpaired) electrons. The van der Waals surface area contributed by atoms with E-state index >= 15 is 0 Å². The predicted octanol–water partition coefficient (Wildman–Crippen LogP) is 2.22. The average Bonchev–Trinajstić information content (AvgIpc) is 3.65. The molecule has 2 aliphatic carbocycles. The lowest BCUT2D eigenvalue weighted by atomic mass is 9.81. The summed E-state index contributed by atoms with van der Waals surface area (Å²) in [5.74, 6) is -8.16. The number of ketones is 1. The molecule has 344 valence electrons. The zero-order valence-corrected chi connectivity index (χ0v) is 36.1. The largest absolute Gasteiger partial charge is 0.478 e. The molecule has 20 nitrogen and oxygen atoms in total. The minimum atomic E-state index is -1.57. The van der Waals surface area contributed by atoms with Gasteiger partial charge in [0.25, 0.3) is 11.6 Å². The Morgan fingerprint density at radius 1 is 0.889 bits per heavy atom. The number of amides is 6. The van der Waals surface area contributed by atoms with Crippen LogP contribution < -0.4 is 27.0 Å². The number of non-ortho nitro benzene ring substituents is 1. The second-order valence-corrected chi connectivity index (χ2v) is 17.5. The molecule has 1 aliphatic heterocycles. The lowest BCUT2D eigenvalue weighted by molar-refractivity contribution is -0.384. The second kappa shape index (κ2) is 22.2. The third-order valence-electron chi connectivity index (χ3n) is 11.9. The molecule has 2 saturated carbocycles. The summed E-state index contributed by atoms with van der Waals surface area (Å²) in [4.78, 5) is 131. The van der Waals surface area contributed by atoms with Crippen molar-refractivity contribution in [3.63, 3.8) is 0 Å². The summed E-state index contributed by atoms with van der Waals surface area (Å²) < 4.78 is 4.58. The average molecular weight is 882 g/mol. The molecule has 20 heteroatoms. The van der Waals surface area contributed by atoms with Crippen molar-refractivity contribution in [2.75, 3.05) is 13.7 Å². The van der Waals surface area contributed by atoms with E-state index in [1.165, 1.54) is 6.08 Å². The highest BCUT2D eigenvalue weighted by Crippen LogP contribution is 2.30. The molecule has 0 unspecified atom stereocenters. The van der Waals surface area contributed by atoms with Crippen molar-refractivity contribution in [3.05, 3.63) is 51.6 Å². The smallest absolute Gasteiger partial charge is 0.336 e. The van der Waals surface area contributed by atoms with Gasteiger partial charge < -0.3 is 41.7 Å². The SMILES string of the molecule is COC(=O)/C=C/CC[C@H](NC(=O)c1cc([N+](=O)[O-])ccc1C(=O)O)C(=O)N[C@H](C(=O)N1CC(=O)C[C@H]1C(=O)N[C@H](C(=O)N[C@H](C(N)=O)C1CCCCC1)C1CCCCC1)C(C)(C)C. The minimum Gasteiger partial charge on any atom is -0.478 e. The number of nitrogens with zero attached hydrogens (tertiary/aromatic N) is 2. The fraction of sp³-hybridized carbons (Fsp3) is 0.605. The van der Waals surface area contributed by atoms with Crippen LogP contribution in [0.5, 0.6) is 0 Å². The number of hydrogen-bond acceptors (Lipinski definition) is 12. The van der Waals surface area contributed by atoms with Crippen molar-refractivity contribution in [1.82, 2.24) is 26.2 Å². The van der Waals surface area contributed by atoms with Gasteiger partial charge in [0.05, 0.1) is 29.7 Å². The summed E-state index contributed by atoms with van der Waals surface area (Å²) in [6, 6.07) is -3.85. The van der Waals surface area contributed by atoms with Gasteiger partial charge >= 0.3 is 11.9 Å². The number of hydrogen-bond donors (Lipinski definition) is 6. The molecule has 6 amide bonds. The molecule has 0 bridgehead atoms. The molecule has 3 fully saturated rings. The number of nitrogens with two attached hydrogens (primary N) is 1. The van der Waals surface area contributed by atoms with Crippen molar-refractivity contribution in [1.29, 1.82) is 0 Å². The first kappa shape index (κ1) is 49.4. The van der Waals surface area contributed by atoms with Gasteiger partial charge in [-0.2, -0.15) is 0 Å². The molecule has 0 spiro atoms. The standard InChI is InChI=1S/C43H59N7O13/c1-43(2,3)35(48-38(55)30(17-11-12-18-32(52)63-4)45-37(54)29-21-26(50(61)62)19-20-28(29)42(59)60)41(58)49-23-27(51)22-31(49)39(56)47-34(25-15-9-6-10-16-25)40(57)46-33(36(44)53)24-13-7-5-8-14-24/h12,18-21,24-25,30-31,33-35H,5-11,13-17,22-23H2,1-4H3,(H2,44,53)(H,45,54)(H,46,57)(H,47,56)(H,48,55)(H,59,60)/b18-12+/t30-,31-,33-,34-,35+/m0/s1. The molecule has 1 aromatic rings. The van der Waals surface area contributed by atoms with Crippen molar-refractivity contribution in [3.8, 4) is 0 Å². The van der Waals surface area contributed by atoms with Crippen LogP contribution in [0.25, 0.3) is 0 Å². The van der Waals surface area contributed by atoms with Gasteiger partial charge in [0, 0.05) is 24.6 Å². The Hall–Kier alpha value is -6.21. The maximum absolute atomic E-state index is 14.5. The maximum atomic E-state index is 14.5. The number of methoxy groups -OCH3 is 1. The van der Waals surface area contributed by atoms with Crippen LogP contribution in [0, 0.1) is 27.4 Å². The molecule has 7 N–H and O–H groups in total. The molecule has 3 aliphatic rings. The van der Waals surface area contributed by atoms with Gasteiger partial charge in [0.1, 0.15) is 30.2 Å². The van der Waals surface area contributed by atoms with Crippen molar-refractivity contribution >= 4 is 58.9 Å². The van der Waals surface area contributed by atoms with E-state index in [1.807, 2.05) is 0 Å². The number of carboxylic acids is 1. The third-order valence-corrected chi connectivity index (χ3v) is 11.9. The van der Waals surface area contributed by atoms with E-state index in [0.29, 0.717) is 25.7 Å². The van der Waals surface area contributed by atoms with E-state index < -0.39 is 117 Å². The quantitative estimate of drug-likeness (QED) is 0.0534. The Morgan fingerprint density at radius 3 is 2.03 bits per heavy atom. The van der Waals surface area contributed by atoms with E-state index in [2.05, 4.69) is 26.0 Å². The number of carboxylic acid groups (broad SMARTS) is 1. The number of ether oxygens (including phenoxy) is 1. The number of rotatable bonds is 18. The summed E-state index contributed by atoms with van der Waals surface area (Å²) in [6.45, 7) is 4.35. The number of allylic oxidation sites excluding steroid dienone is 1. The Balaban J connectivity index is 1.60. The highest BCUT2D eigenvalue weighted by atomic mass is 16.6. The van der Waals surface area contributed by atoms with E-state index in [4.69, 9.17) is 5.73 Å². The van der Waals surface area contributed by atoms with Gasteiger partial charge in [-0.3, -0.25) is 43.7 Å². The first-order chi connectivity index (χ1) is 29.7. The molecule has 0 aromatic heterocycles. The molecular formula is C43H59N7O13. The Bertz CT molecular complexity index is 1970. The summed E-state index contributed by atoms with van der Waals surface area (Å²) in [5, 5.41) is 31.9. The lowest BCUT2D eigenvalue weighted by Gasteiger charge is -2.37. The number of primary amides is 1. The van der Waals surface area contributed by atoms with Gasteiger partial charge in [-0.25, -0.2) is 9.59 Å². The number of esters is 1. The maximum Gasteiger partial charge on any atom is 0.336 e. The topological polar surface area (TPSA) is 304 Å². The zero-order valence-electron chi connectivity index (χ0n) is 36.1. The monoisotopic (exact) mass is 881 g/mol. The highest BCUT2D eigenvalue weighted by molar-refractivity contribution is 6.07. The Kier molecular flexibility index (Phi) is 17.5. The van der Waals surface area contributed by atoms with Gasteiger partial charge in [0.2, 0.25) is 29.5 Å². The van der Waals surface area contributed by atoms with Crippen LogP contribution in [0.3, 0.4) is 0 Å². The normalized spacial score (nSPS) is 19.3. The van der Waals surface area contributed by atoms with Crippen LogP contribution in [0.4, 0.5) is 5.69 Å². The van der Waals surface area contributed by atoms with Crippen LogP contribution >= 0.6 is 0 Å². The fourth-order valence-corrected chi connectivity index (χ4v) is 8.50. The van der Waals surface area contributed by atoms with Crippen LogP contribution in [0.1, 0.15) is 125 Å². The molecule has 4 rings (SSSR count). The lowest BCUT2D eigenvalue weighted by Crippen LogP contribution is -2.62. The van der Waals surface area contributed by atoms with E-state index in [0.717, 1.165) is 74.8 Å². The number of aromatic carboxylic acids is 1. The van der Waals surface area contributed by atoms with Crippen molar-refractivity contribution in [2.45, 2.75) is 134 Å². The van der Waals surface area contributed by atoms with E-state index in [-0.39, 0.29) is 31.1 Å². The molecule has 1 heterocycles. The molecular weight excluding hydrogens is 823 g/mol. The fourth-order valence-electron chi connectivity index (χ4n) is 8.50. The molecule has 1 aromatic carbocycles. The second-order valence-electron chi connectivity index (χ2n) is 17.5. The number of nitro benzene ring substituents is 1. The summed E-state index contributed by atoms with van der Waals surface area (Å²) in [5.41, 5.74) is 2.87. The molecule has 1 saturated heterocycles. The first-order valence-electron chi connectivity index (χ1n) is 21.3. The first-order valence-corrected chi connectivity index (χ1v) is 21.3. The molecule has 5 atom stereocenters. The van der Waals surface area contributed by atoms with Crippen LogP contribution in [-0.4, -0.2) is 112 Å². The number of Topliss-reactive ketones (excluding diaryl/α,β-unsaturated/α-hetero) is 1. The van der Waals surface area contributed by atoms with E-state index in [9.17, 15) is 58.4 Å². The summed E-state index contributed by atoms with van der Waals surface area (Å²) >= 11 is 0. The van der Waals surface area contributed by atoms with Gasteiger partial charge in [-0.05, 0) is 61.8 Å².